The first-order valence-corrected chi connectivity index (χ1v) is 8.76. The van der Waals surface area contributed by atoms with Gasteiger partial charge in [0.05, 0.1) is 22.7 Å². The van der Waals surface area contributed by atoms with Gasteiger partial charge in [0.25, 0.3) is 0 Å². The Morgan fingerprint density at radius 3 is 2.91 bits per heavy atom. The Kier molecular flexibility index (Phi) is 3.79. The predicted molar refractivity (Wildman–Crippen MR) is 91.4 cm³/mol. The molecule has 0 aliphatic carbocycles. The van der Waals surface area contributed by atoms with Gasteiger partial charge >= 0.3 is 0 Å². The summed E-state index contributed by atoms with van der Waals surface area (Å²) in [4.78, 5) is 0. The van der Waals surface area contributed by atoms with E-state index in [9.17, 15) is 0 Å². The van der Waals surface area contributed by atoms with Gasteiger partial charge in [0, 0.05) is 12.0 Å². The van der Waals surface area contributed by atoms with Crippen molar-refractivity contribution >= 4 is 27.5 Å². The van der Waals surface area contributed by atoms with E-state index in [1.54, 1.807) is 0 Å². The van der Waals surface area contributed by atoms with Gasteiger partial charge in [0.1, 0.15) is 11.5 Å². The molecular formula is C18H16BrClO2. The summed E-state index contributed by atoms with van der Waals surface area (Å²) in [6.45, 7) is 1.54. The van der Waals surface area contributed by atoms with Crippen LogP contribution in [0, 0.1) is 0 Å². The molecule has 2 aliphatic rings. The summed E-state index contributed by atoms with van der Waals surface area (Å²) < 4.78 is 12.3. The van der Waals surface area contributed by atoms with Crippen LogP contribution < -0.4 is 9.47 Å². The first-order chi connectivity index (χ1) is 10.7. The summed E-state index contributed by atoms with van der Waals surface area (Å²) in [6, 6.07) is 8.56. The Morgan fingerprint density at radius 2 is 2.00 bits per heavy atom. The maximum Gasteiger partial charge on any atom is 0.138 e. The quantitative estimate of drug-likeness (QED) is 0.735. The largest absolute Gasteiger partial charge is 0.493 e. The molecule has 22 heavy (non-hydrogen) atoms. The normalized spacial score (nSPS) is 15.7. The van der Waals surface area contributed by atoms with E-state index in [-0.39, 0.29) is 0 Å². The Bertz CT molecular complexity index is 742. The van der Waals surface area contributed by atoms with Crippen molar-refractivity contribution in [2.24, 2.45) is 0 Å². The lowest BCUT2D eigenvalue weighted by Gasteiger charge is -2.18. The van der Waals surface area contributed by atoms with E-state index in [0.29, 0.717) is 6.61 Å². The molecule has 2 heterocycles. The van der Waals surface area contributed by atoms with Gasteiger partial charge in [-0.3, -0.25) is 0 Å². The van der Waals surface area contributed by atoms with Gasteiger partial charge in [-0.15, -0.1) is 0 Å². The van der Waals surface area contributed by atoms with Crippen LogP contribution in [-0.4, -0.2) is 13.2 Å². The molecule has 0 amide bonds. The highest BCUT2D eigenvalue weighted by Gasteiger charge is 2.22. The third kappa shape index (κ3) is 2.50. The minimum absolute atomic E-state index is 0.716. The molecule has 0 saturated carbocycles. The lowest BCUT2D eigenvalue weighted by atomic mass is 9.97. The smallest absolute Gasteiger partial charge is 0.138 e. The first kappa shape index (κ1) is 14.4. The third-order valence-electron chi connectivity index (χ3n) is 4.30. The highest BCUT2D eigenvalue weighted by atomic mass is 79.9. The van der Waals surface area contributed by atoms with Crippen LogP contribution in [0.25, 0.3) is 0 Å². The molecule has 2 aromatic carbocycles. The van der Waals surface area contributed by atoms with Crippen molar-refractivity contribution in [1.82, 2.24) is 0 Å². The summed E-state index contributed by atoms with van der Waals surface area (Å²) >= 11 is 10.2. The first-order valence-electron chi connectivity index (χ1n) is 7.59. The molecule has 0 bridgehead atoms. The van der Waals surface area contributed by atoms with Crippen LogP contribution in [-0.2, 0) is 19.3 Å². The maximum absolute atomic E-state index is 6.59. The number of halogens is 2. The van der Waals surface area contributed by atoms with E-state index < -0.39 is 0 Å². The molecule has 0 saturated heterocycles. The van der Waals surface area contributed by atoms with Gasteiger partial charge in [-0.2, -0.15) is 0 Å². The fraction of sp³-hybridized carbons (Fsp3) is 0.333. The van der Waals surface area contributed by atoms with Crippen molar-refractivity contribution < 1.29 is 9.47 Å². The number of rotatable bonds is 2. The van der Waals surface area contributed by atoms with E-state index >= 15 is 0 Å². The molecule has 2 aromatic rings. The number of hydrogen-bond acceptors (Lipinski definition) is 2. The van der Waals surface area contributed by atoms with Gasteiger partial charge < -0.3 is 9.47 Å². The zero-order valence-electron chi connectivity index (χ0n) is 12.1. The van der Waals surface area contributed by atoms with Gasteiger partial charge in [-0.1, -0.05) is 23.7 Å². The van der Waals surface area contributed by atoms with Crippen LogP contribution in [0.1, 0.15) is 28.7 Å². The molecule has 2 aliphatic heterocycles. The van der Waals surface area contributed by atoms with Crippen molar-refractivity contribution in [2.45, 2.75) is 25.7 Å². The molecule has 0 atom stereocenters. The van der Waals surface area contributed by atoms with Gasteiger partial charge in [0.15, 0.2) is 0 Å². The van der Waals surface area contributed by atoms with Crippen molar-refractivity contribution in [2.75, 3.05) is 13.2 Å². The van der Waals surface area contributed by atoms with Crippen LogP contribution in [0.4, 0.5) is 0 Å². The number of ether oxygens (including phenoxy) is 2. The van der Waals surface area contributed by atoms with Crippen LogP contribution in [0.15, 0.2) is 28.7 Å². The third-order valence-corrected chi connectivity index (χ3v) is 5.36. The second kappa shape index (κ2) is 5.78. The SMILES string of the molecule is Clc1c(Cc2ccc3c(c2)CCCO3)cc(Br)c2c1CCO2. The fourth-order valence-electron chi connectivity index (χ4n) is 3.23. The van der Waals surface area contributed by atoms with Crippen LogP contribution in [0.2, 0.25) is 5.02 Å². The van der Waals surface area contributed by atoms with E-state index in [0.717, 1.165) is 64.4 Å². The van der Waals surface area contributed by atoms with E-state index in [4.69, 9.17) is 21.1 Å². The molecule has 0 aromatic heterocycles. The summed E-state index contributed by atoms with van der Waals surface area (Å²) in [5, 5.41) is 0.852. The minimum atomic E-state index is 0.716. The van der Waals surface area contributed by atoms with Crippen LogP contribution in [0.5, 0.6) is 11.5 Å². The van der Waals surface area contributed by atoms with Gasteiger partial charge in [-0.05, 0) is 64.0 Å². The van der Waals surface area contributed by atoms with E-state index in [1.165, 1.54) is 11.1 Å². The molecule has 4 rings (SSSR count). The van der Waals surface area contributed by atoms with Gasteiger partial charge in [-0.25, -0.2) is 0 Å². The molecule has 0 N–H and O–H groups in total. The highest BCUT2D eigenvalue weighted by Crippen LogP contribution is 2.41. The zero-order chi connectivity index (χ0) is 15.1. The predicted octanol–water partition coefficient (Wildman–Crippen LogP) is 4.95. The molecule has 0 unspecified atom stereocenters. The number of benzene rings is 2. The van der Waals surface area contributed by atoms with Crippen molar-refractivity contribution in [1.29, 1.82) is 0 Å². The Hall–Kier alpha value is -1.19. The van der Waals surface area contributed by atoms with Crippen molar-refractivity contribution in [3.8, 4) is 11.5 Å². The zero-order valence-corrected chi connectivity index (χ0v) is 14.5. The standard InChI is InChI=1S/C18H16BrClO2/c19-15-10-13(17(20)14-5-7-22-18(14)15)9-11-3-4-16-12(8-11)2-1-6-21-16/h3-4,8,10H,1-2,5-7,9H2. The number of aryl methyl sites for hydroxylation is 1. The van der Waals surface area contributed by atoms with Crippen molar-refractivity contribution in [3.63, 3.8) is 0 Å². The Labute approximate surface area is 143 Å². The number of hydrogen-bond donors (Lipinski definition) is 0. The lowest BCUT2D eigenvalue weighted by Crippen LogP contribution is -2.08. The molecular weight excluding hydrogens is 364 g/mol. The Morgan fingerprint density at radius 1 is 1.09 bits per heavy atom. The summed E-state index contributed by atoms with van der Waals surface area (Å²) in [5.41, 5.74) is 4.86. The number of fused-ring (bicyclic) bond motifs is 2. The van der Waals surface area contributed by atoms with E-state index in [2.05, 4.69) is 40.2 Å². The summed E-state index contributed by atoms with van der Waals surface area (Å²) in [6.07, 6.45) is 3.91. The van der Waals surface area contributed by atoms with Crippen LogP contribution >= 0.6 is 27.5 Å². The minimum Gasteiger partial charge on any atom is -0.493 e. The monoisotopic (exact) mass is 378 g/mol. The second-order valence-corrected chi connectivity index (χ2v) is 7.04. The maximum atomic E-state index is 6.59. The second-order valence-electron chi connectivity index (χ2n) is 5.81. The molecule has 2 nitrogen and oxygen atoms in total. The Balaban J connectivity index is 1.68. The molecule has 114 valence electrons. The van der Waals surface area contributed by atoms with Gasteiger partial charge in [0.2, 0.25) is 0 Å². The fourth-order valence-corrected chi connectivity index (χ4v) is 4.16. The molecule has 4 heteroatoms. The lowest BCUT2D eigenvalue weighted by molar-refractivity contribution is 0.288. The average Bonchev–Trinajstić information content (AvgIpc) is 3.03. The molecule has 0 radical (unpaired) electrons. The molecule has 0 spiro atoms. The average molecular weight is 380 g/mol. The summed E-state index contributed by atoms with van der Waals surface area (Å²) in [5.74, 6) is 1.94. The summed E-state index contributed by atoms with van der Waals surface area (Å²) in [7, 11) is 0. The topological polar surface area (TPSA) is 18.5 Å². The van der Waals surface area contributed by atoms with Crippen molar-refractivity contribution in [3.05, 3.63) is 56.0 Å². The molecule has 0 fully saturated rings. The highest BCUT2D eigenvalue weighted by molar-refractivity contribution is 9.10. The van der Waals surface area contributed by atoms with Crippen LogP contribution in [0.3, 0.4) is 0 Å². The van der Waals surface area contributed by atoms with E-state index in [1.807, 2.05) is 0 Å².